The van der Waals surface area contributed by atoms with Crippen molar-refractivity contribution in [2.24, 2.45) is 11.7 Å². The molecule has 3 fully saturated rings. The number of amides is 2. The Bertz CT molecular complexity index is 684. The van der Waals surface area contributed by atoms with Gasteiger partial charge in [0.15, 0.2) is 0 Å². The van der Waals surface area contributed by atoms with E-state index in [0.717, 1.165) is 44.6 Å². The summed E-state index contributed by atoms with van der Waals surface area (Å²) in [6.07, 6.45) is 2.56. The molecule has 0 saturated carbocycles. The van der Waals surface area contributed by atoms with Crippen molar-refractivity contribution in [1.82, 2.24) is 9.80 Å². The van der Waals surface area contributed by atoms with Gasteiger partial charge in [-0.2, -0.15) is 0 Å². The molecule has 4 rings (SSSR count). The first-order valence-corrected chi connectivity index (χ1v) is 10.4. The van der Waals surface area contributed by atoms with E-state index in [2.05, 4.69) is 4.90 Å². The summed E-state index contributed by atoms with van der Waals surface area (Å²) in [6, 6.07) is 9.33. The minimum Gasteiger partial charge on any atom is -0.381 e. The van der Waals surface area contributed by atoms with Crippen LogP contribution in [0.3, 0.4) is 0 Å². The van der Waals surface area contributed by atoms with E-state index < -0.39 is 6.04 Å². The van der Waals surface area contributed by atoms with Crippen LogP contribution in [0.4, 0.5) is 5.69 Å². The van der Waals surface area contributed by atoms with Gasteiger partial charge in [-0.1, -0.05) is 18.2 Å². The summed E-state index contributed by atoms with van der Waals surface area (Å²) in [4.78, 5) is 31.7. The summed E-state index contributed by atoms with van der Waals surface area (Å²) in [5.41, 5.74) is 7.23. The first-order valence-electron chi connectivity index (χ1n) is 10.4. The van der Waals surface area contributed by atoms with Gasteiger partial charge in [-0.05, 0) is 37.3 Å². The van der Waals surface area contributed by atoms with Crippen molar-refractivity contribution < 1.29 is 14.3 Å². The average molecular weight is 386 g/mol. The van der Waals surface area contributed by atoms with Gasteiger partial charge in [0.1, 0.15) is 0 Å². The van der Waals surface area contributed by atoms with Crippen LogP contribution in [0, 0.1) is 5.92 Å². The van der Waals surface area contributed by atoms with Gasteiger partial charge < -0.3 is 20.3 Å². The number of para-hydroxylation sites is 1. The number of hydrogen-bond donors (Lipinski definition) is 1. The van der Waals surface area contributed by atoms with Gasteiger partial charge in [0.2, 0.25) is 11.8 Å². The van der Waals surface area contributed by atoms with Gasteiger partial charge in [0.25, 0.3) is 0 Å². The number of carbonyl (C=O) groups excluding carboxylic acids is 2. The zero-order chi connectivity index (χ0) is 19.5. The predicted octanol–water partition coefficient (Wildman–Crippen LogP) is 0.690. The Morgan fingerprint density at radius 1 is 1.00 bits per heavy atom. The SMILES string of the molecule is NC(C(=O)N1CCN(C2CCN(c3ccccc3)C2=O)CC1)C1CCOCC1. The van der Waals surface area contributed by atoms with Gasteiger partial charge in [-0.3, -0.25) is 14.5 Å². The number of anilines is 1. The van der Waals surface area contributed by atoms with Gasteiger partial charge in [0, 0.05) is 51.6 Å². The van der Waals surface area contributed by atoms with Crippen LogP contribution in [0.1, 0.15) is 19.3 Å². The van der Waals surface area contributed by atoms with Gasteiger partial charge >= 0.3 is 0 Å². The molecule has 152 valence electrons. The number of benzene rings is 1. The third-order valence-electron chi connectivity index (χ3n) is 6.37. The lowest BCUT2D eigenvalue weighted by Crippen LogP contribution is -2.57. The molecule has 3 aliphatic rings. The molecule has 3 aliphatic heterocycles. The predicted molar refractivity (Wildman–Crippen MR) is 107 cm³/mol. The van der Waals surface area contributed by atoms with Gasteiger partial charge in [-0.25, -0.2) is 0 Å². The summed E-state index contributed by atoms with van der Waals surface area (Å²) < 4.78 is 5.37. The largest absolute Gasteiger partial charge is 0.381 e. The molecule has 3 saturated heterocycles. The minimum absolute atomic E-state index is 0.0511. The molecule has 7 nitrogen and oxygen atoms in total. The molecule has 2 atom stereocenters. The second kappa shape index (κ2) is 8.59. The Morgan fingerprint density at radius 2 is 1.68 bits per heavy atom. The van der Waals surface area contributed by atoms with Crippen LogP contribution in [0.2, 0.25) is 0 Å². The zero-order valence-electron chi connectivity index (χ0n) is 16.3. The summed E-state index contributed by atoms with van der Waals surface area (Å²) in [5, 5.41) is 0. The Balaban J connectivity index is 1.30. The quantitative estimate of drug-likeness (QED) is 0.824. The van der Waals surface area contributed by atoms with Crippen LogP contribution in [-0.4, -0.2) is 79.6 Å². The molecule has 0 bridgehead atoms. The molecular weight excluding hydrogens is 356 g/mol. The van der Waals surface area contributed by atoms with Crippen molar-refractivity contribution in [3.8, 4) is 0 Å². The molecule has 1 aromatic rings. The minimum atomic E-state index is -0.433. The highest BCUT2D eigenvalue weighted by Gasteiger charge is 2.39. The number of nitrogens with zero attached hydrogens (tertiary/aromatic N) is 3. The summed E-state index contributed by atoms with van der Waals surface area (Å²) in [5.74, 6) is 0.440. The molecule has 2 amide bonds. The number of piperazine rings is 1. The highest BCUT2D eigenvalue weighted by molar-refractivity contribution is 5.99. The normalized spacial score (nSPS) is 25.9. The maximum Gasteiger partial charge on any atom is 0.244 e. The van der Waals surface area contributed by atoms with Crippen molar-refractivity contribution in [3.63, 3.8) is 0 Å². The average Bonchev–Trinajstić information content (AvgIpc) is 3.15. The second-order valence-corrected chi connectivity index (χ2v) is 7.97. The second-order valence-electron chi connectivity index (χ2n) is 7.97. The van der Waals surface area contributed by atoms with Gasteiger partial charge in [0.05, 0.1) is 12.1 Å². The smallest absolute Gasteiger partial charge is 0.244 e. The van der Waals surface area contributed by atoms with E-state index in [4.69, 9.17) is 10.5 Å². The van der Waals surface area contributed by atoms with Crippen molar-refractivity contribution in [2.45, 2.75) is 31.3 Å². The van der Waals surface area contributed by atoms with Crippen LogP contribution in [0.15, 0.2) is 30.3 Å². The molecule has 0 aliphatic carbocycles. The summed E-state index contributed by atoms with van der Waals surface area (Å²) >= 11 is 0. The molecule has 0 aromatic heterocycles. The molecule has 3 heterocycles. The number of rotatable bonds is 4. The number of ether oxygens (including phenoxy) is 1. The van der Waals surface area contributed by atoms with Crippen LogP contribution < -0.4 is 10.6 Å². The molecule has 0 radical (unpaired) electrons. The lowest BCUT2D eigenvalue weighted by molar-refractivity contribution is -0.137. The van der Waals surface area contributed by atoms with E-state index in [0.29, 0.717) is 26.3 Å². The fourth-order valence-corrected chi connectivity index (χ4v) is 4.61. The maximum atomic E-state index is 12.9. The monoisotopic (exact) mass is 386 g/mol. The standard InChI is InChI=1S/C21H30N4O3/c22-19(16-7-14-28-15-8-16)21(27)24-12-10-23(11-13-24)18-6-9-25(20(18)26)17-4-2-1-3-5-17/h1-5,16,18-19H,6-15,22H2. The molecule has 2 unspecified atom stereocenters. The Labute approximate surface area is 166 Å². The van der Waals surface area contributed by atoms with E-state index in [1.165, 1.54) is 0 Å². The fraction of sp³-hybridized carbons (Fsp3) is 0.619. The first kappa shape index (κ1) is 19.4. The van der Waals surface area contributed by atoms with Crippen LogP contribution in [0.5, 0.6) is 0 Å². The van der Waals surface area contributed by atoms with E-state index in [1.54, 1.807) is 0 Å². The molecule has 28 heavy (non-hydrogen) atoms. The van der Waals surface area contributed by atoms with Crippen LogP contribution >= 0.6 is 0 Å². The lowest BCUT2D eigenvalue weighted by atomic mass is 9.91. The number of carbonyl (C=O) groups is 2. The first-order chi connectivity index (χ1) is 13.6. The van der Waals surface area contributed by atoms with E-state index in [1.807, 2.05) is 40.1 Å². The van der Waals surface area contributed by atoms with E-state index >= 15 is 0 Å². The Kier molecular flexibility index (Phi) is 5.94. The number of nitrogens with two attached hydrogens (primary N) is 1. The molecular formula is C21H30N4O3. The molecule has 7 heteroatoms. The van der Waals surface area contributed by atoms with Crippen molar-refractivity contribution in [1.29, 1.82) is 0 Å². The van der Waals surface area contributed by atoms with E-state index in [9.17, 15) is 9.59 Å². The Hall–Kier alpha value is -1.96. The highest BCUT2D eigenvalue weighted by atomic mass is 16.5. The number of hydrogen-bond acceptors (Lipinski definition) is 5. The zero-order valence-corrected chi connectivity index (χ0v) is 16.3. The third kappa shape index (κ3) is 3.92. The third-order valence-corrected chi connectivity index (χ3v) is 6.37. The molecule has 0 spiro atoms. The van der Waals surface area contributed by atoms with Crippen molar-refractivity contribution in [2.75, 3.05) is 50.8 Å². The van der Waals surface area contributed by atoms with Crippen LogP contribution in [-0.2, 0) is 14.3 Å². The fourth-order valence-electron chi connectivity index (χ4n) is 4.61. The maximum absolute atomic E-state index is 12.9. The highest BCUT2D eigenvalue weighted by Crippen LogP contribution is 2.25. The topological polar surface area (TPSA) is 79.1 Å². The van der Waals surface area contributed by atoms with Gasteiger partial charge in [-0.15, -0.1) is 0 Å². The van der Waals surface area contributed by atoms with Crippen molar-refractivity contribution in [3.05, 3.63) is 30.3 Å². The summed E-state index contributed by atoms with van der Waals surface area (Å²) in [6.45, 7) is 4.88. The van der Waals surface area contributed by atoms with E-state index in [-0.39, 0.29) is 23.8 Å². The van der Waals surface area contributed by atoms with Crippen molar-refractivity contribution >= 4 is 17.5 Å². The molecule has 1 aromatic carbocycles. The Morgan fingerprint density at radius 3 is 2.36 bits per heavy atom. The molecule has 2 N–H and O–H groups in total. The van der Waals surface area contributed by atoms with Crippen LogP contribution in [0.25, 0.3) is 0 Å². The lowest BCUT2D eigenvalue weighted by Gasteiger charge is -2.39. The summed E-state index contributed by atoms with van der Waals surface area (Å²) in [7, 11) is 0.